The lowest BCUT2D eigenvalue weighted by Crippen LogP contribution is -3.06. The molecule has 1 amide bonds. The zero-order valence-corrected chi connectivity index (χ0v) is 14.1. The summed E-state index contributed by atoms with van der Waals surface area (Å²) in [6.07, 6.45) is 2.98. The number of ketones is 1. The molecule has 0 aliphatic carbocycles. The van der Waals surface area contributed by atoms with Gasteiger partial charge in [0.1, 0.15) is 6.04 Å². The minimum absolute atomic E-state index is 0.00686. The highest BCUT2D eigenvalue weighted by molar-refractivity contribution is 6.14. The second-order valence-corrected chi connectivity index (χ2v) is 6.18. The summed E-state index contributed by atoms with van der Waals surface area (Å²) >= 11 is 0. The third kappa shape index (κ3) is 3.18. The fourth-order valence-electron chi connectivity index (χ4n) is 2.85. The summed E-state index contributed by atoms with van der Waals surface area (Å²) in [5.41, 5.74) is 0.538. The molecule has 130 valence electrons. The van der Waals surface area contributed by atoms with Gasteiger partial charge in [-0.25, -0.2) is 0 Å². The molecule has 7 nitrogen and oxygen atoms in total. The van der Waals surface area contributed by atoms with Crippen molar-refractivity contribution in [1.82, 2.24) is 9.88 Å². The van der Waals surface area contributed by atoms with Crippen LogP contribution >= 0.6 is 0 Å². The fraction of sp³-hybridized carbons (Fsp3) is 0.278. The van der Waals surface area contributed by atoms with Gasteiger partial charge in [0.25, 0.3) is 5.91 Å². The van der Waals surface area contributed by atoms with Crippen molar-refractivity contribution in [2.24, 2.45) is 0 Å². The van der Waals surface area contributed by atoms with Gasteiger partial charge in [-0.15, -0.1) is 0 Å². The van der Waals surface area contributed by atoms with Gasteiger partial charge in [0.15, 0.2) is 11.5 Å². The van der Waals surface area contributed by atoms with E-state index >= 15 is 0 Å². The van der Waals surface area contributed by atoms with Gasteiger partial charge in [0.05, 0.1) is 44.7 Å². The Bertz CT molecular complexity index is 797. The van der Waals surface area contributed by atoms with E-state index in [-0.39, 0.29) is 11.3 Å². The van der Waals surface area contributed by atoms with Crippen molar-refractivity contribution in [3.63, 3.8) is 0 Å². The number of rotatable bonds is 6. The molecule has 0 saturated carbocycles. The summed E-state index contributed by atoms with van der Waals surface area (Å²) < 4.78 is 5.16. The molecule has 25 heavy (non-hydrogen) atoms. The van der Waals surface area contributed by atoms with Crippen molar-refractivity contribution >= 4 is 11.7 Å². The summed E-state index contributed by atoms with van der Waals surface area (Å²) in [7, 11) is 3.94. The van der Waals surface area contributed by atoms with Gasteiger partial charge in [-0.2, -0.15) is 0 Å². The SMILES string of the molecule is C[NH+](C)CCN1C(=O)C(O)=C(C(=O)c2ccco2)[C@H]1c1ccccn1. The van der Waals surface area contributed by atoms with Crippen LogP contribution in [0, 0.1) is 0 Å². The Labute approximate surface area is 145 Å². The first-order chi connectivity index (χ1) is 12.0. The number of carbonyl (C=O) groups is 2. The van der Waals surface area contributed by atoms with E-state index in [9.17, 15) is 14.7 Å². The quantitative estimate of drug-likeness (QED) is 0.742. The molecule has 3 heterocycles. The van der Waals surface area contributed by atoms with Gasteiger partial charge in [-0.3, -0.25) is 14.6 Å². The molecule has 2 N–H and O–H groups in total. The lowest BCUT2D eigenvalue weighted by molar-refractivity contribution is -0.857. The Morgan fingerprint density at radius 2 is 2.12 bits per heavy atom. The molecule has 1 aliphatic rings. The number of hydrogen-bond donors (Lipinski definition) is 2. The molecule has 7 heteroatoms. The van der Waals surface area contributed by atoms with Crippen molar-refractivity contribution in [2.45, 2.75) is 6.04 Å². The average Bonchev–Trinajstić information content (AvgIpc) is 3.22. The standard InChI is InChI=1S/C18H19N3O4/c1-20(2)9-10-21-15(12-6-3-4-8-19-12)14(17(23)18(21)24)16(22)13-7-5-11-25-13/h3-8,11,15,23H,9-10H2,1-2H3/p+1/t15-/m1/s1. The Hall–Kier alpha value is -2.93. The summed E-state index contributed by atoms with van der Waals surface area (Å²) in [4.78, 5) is 32.3. The van der Waals surface area contributed by atoms with Gasteiger partial charge in [0.2, 0.25) is 5.78 Å². The van der Waals surface area contributed by atoms with E-state index in [2.05, 4.69) is 4.98 Å². The highest BCUT2D eigenvalue weighted by Crippen LogP contribution is 2.37. The smallest absolute Gasteiger partial charge is 0.290 e. The van der Waals surface area contributed by atoms with Crippen LogP contribution in [-0.4, -0.2) is 53.9 Å². The van der Waals surface area contributed by atoms with E-state index in [0.717, 1.165) is 4.90 Å². The number of quaternary nitrogens is 1. The van der Waals surface area contributed by atoms with Gasteiger partial charge < -0.3 is 19.3 Å². The first kappa shape index (κ1) is 16.9. The molecule has 0 fully saturated rings. The summed E-state index contributed by atoms with van der Waals surface area (Å²) in [6.45, 7) is 1.06. The maximum Gasteiger partial charge on any atom is 0.290 e. The summed E-state index contributed by atoms with van der Waals surface area (Å²) in [5, 5.41) is 10.4. The summed E-state index contributed by atoms with van der Waals surface area (Å²) in [5.74, 6) is -1.53. The molecule has 2 aromatic rings. The Balaban J connectivity index is 2.04. The van der Waals surface area contributed by atoms with Crippen LogP contribution in [0.5, 0.6) is 0 Å². The third-order valence-electron chi connectivity index (χ3n) is 4.11. The topological polar surface area (TPSA) is 88.1 Å². The molecular weight excluding hydrogens is 322 g/mol. The number of Topliss-reactive ketones (excluding diaryl/α,β-unsaturated/α-hetero) is 1. The Morgan fingerprint density at radius 1 is 1.32 bits per heavy atom. The molecule has 0 unspecified atom stereocenters. The van der Waals surface area contributed by atoms with Crippen LogP contribution in [-0.2, 0) is 4.79 Å². The van der Waals surface area contributed by atoms with Crippen LogP contribution in [0.15, 0.2) is 58.5 Å². The van der Waals surface area contributed by atoms with E-state index in [1.807, 2.05) is 14.1 Å². The lowest BCUT2D eigenvalue weighted by Gasteiger charge is -2.26. The number of carbonyl (C=O) groups excluding carboxylic acids is 2. The zero-order valence-electron chi connectivity index (χ0n) is 14.1. The molecule has 0 radical (unpaired) electrons. The molecule has 3 rings (SSSR count). The van der Waals surface area contributed by atoms with Gasteiger partial charge >= 0.3 is 0 Å². The van der Waals surface area contributed by atoms with Crippen molar-refractivity contribution in [1.29, 1.82) is 0 Å². The fourth-order valence-corrected chi connectivity index (χ4v) is 2.85. The minimum Gasteiger partial charge on any atom is -0.503 e. The predicted molar refractivity (Wildman–Crippen MR) is 89.1 cm³/mol. The first-order valence-electron chi connectivity index (χ1n) is 8.03. The number of pyridine rings is 1. The van der Waals surface area contributed by atoms with Gasteiger partial charge in [0, 0.05) is 6.20 Å². The first-order valence-corrected chi connectivity index (χ1v) is 8.03. The monoisotopic (exact) mass is 342 g/mol. The number of aromatic nitrogens is 1. The normalized spacial score (nSPS) is 17.6. The minimum atomic E-state index is -0.731. The number of furan rings is 1. The van der Waals surface area contributed by atoms with Crippen LogP contribution in [0.2, 0.25) is 0 Å². The molecule has 0 spiro atoms. The van der Waals surface area contributed by atoms with Crippen LogP contribution in [0.1, 0.15) is 22.3 Å². The molecule has 0 bridgehead atoms. The van der Waals surface area contributed by atoms with Crippen molar-refractivity contribution < 1.29 is 24.0 Å². The van der Waals surface area contributed by atoms with Crippen LogP contribution in [0.3, 0.4) is 0 Å². The second-order valence-electron chi connectivity index (χ2n) is 6.18. The van der Waals surface area contributed by atoms with E-state index in [0.29, 0.717) is 18.8 Å². The van der Waals surface area contributed by atoms with Crippen molar-refractivity contribution in [3.05, 3.63) is 65.6 Å². The third-order valence-corrected chi connectivity index (χ3v) is 4.11. The van der Waals surface area contributed by atoms with Gasteiger partial charge in [-0.05, 0) is 24.3 Å². The highest BCUT2D eigenvalue weighted by Gasteiger charge is 2.45. The molecule has 1 atom stereocenters. The van der Waals surface area contributed by atoms with Crippen LogP contribution in [0.25, 0.3) is 0 Å². The zero-order chi connectivity index (χ0) is 18.0. The predicted octanol–water partition coefficient (Wildman–Crippen LogP) is 0.397. The highest BCUT2D eigenvalue weighted by atomic mass is 16.3. The number of nitrogens with one attached hydrogen (secondary N) is 1. The maximum absolute atomic E-state index is 12.8. The number of aliphatic hydroxyl groups is 1. The molecule has 0 aromatic carbocycles. The number of likely N-dealkylation sites (N-methyl/N-ethyl adjacent to an activating group) is 1. The number of hydrogen-bond acceptors (Lipinski definition) is 5. The van der Waals surface area contributed by atoms with Crippen LogP contribution < -0.4 is 4.90 Å². The van der Waals surface area contributed by atoms with E-state index in [1.165, 1.54) is 17.2 Å². The van der Waals surface area contributed by atoms with E-state index in [1.54, 1.807) is 30.5 Å². The van der Waals surface area contributed by atoms with Gasteiger partial charge in [-0.1, -0.05) is 6.07 Å². The average molecular weight is 342 g/mol. The Morgan fingerprint density at radius 3 is 2.72 bits per heavy atom. The van der Waals surface area contributed by atoms with E-state index in [4.69, 9.17) is 4.42 Å². The van der Waals surface area contributed by atoms with Crippen molar-refractivity contribution in [2.75, 3.05) is 27.2 Å². The molecular formula is C18H20N3O4+. The number of nitrogens with zero attached hydrogens (tertiary/aromatic N) is 2. The van der Waals surface area contributed by atoms with Crippen LogP contribution in [0.4, 0.5) is 0 Å². The lowest BCUT2D eigenvalue weighted by atomic mass is 9.98. The number of amides is 1. The molecule has 1 aliphatic heterocycles. The van der Waals surface area contributed by atoms with Crippen molar-refractivity contribution in [3.8, 4) is 0 Å². The van der Waals surface area contributed by atoms with E-state index < -0.39 is 23.5 Å². The summed E-state index contributed by atoms with van der Waals surface area (Å²) in [6, 6.07) is 7.64. The largest absolute Gasteiger partial charge is 0.503 e. The number of aliphatic hydroxyl groups excluding tert-OH is 1. The Kier molecular flexibility index (Phi) is 4.67. The molecule has 2 aromatic heterocycles. The molecule has 0 saturated heterocycles. The second kappa shape index (κ2) is 6.90. The maximum atomic E-state index is 12.8.